The van der Waals surface area contributed by atoms with Crippen LogP contribution in [0, 0.1) is 0 Å². The van der Waals surface area contributed by atoms with Gasteiger partial charge in [-0.15, -0.1) is 0 Å². The highest BCUT2D eigenvalue weighted by atomic mass is 16.5. The molecule has 0 aliphatic carbocycles. The lowest BCUT2D eigenvalue weighted by atomic mass is 9.98. The average molecular weight is 217 g/mol. The Morgan fingerprint density at radius 2 is 1.87 bits per heavy atom. The van der Waals surface area contributed by atoms with Crippen molar-refractivity contribution in [2.45, 2.75) is 58.1 Å². The Kier molecular flexibility index (Phi) is 8.02. The molecule has 0 rings (SSSR count). The van der Waals surface area contributed by atoms with Gasteiger partial charge in [0.15, 0.2) is 0 Å². The quantitative estimate of drug-likeness (QED) is 0.603. The number of hydrogen-bond donors (Lipinski definition) is 1. The average Bonchev–Trinajstić information content (AvgIpc) is 2.22. The van der Waals surface area contributed by atoms with Gasteiger partial charge in [0, 0.05) is 26.4 Å². The first-order valence-electron chi connectivity index (χ1n) is 5.90. The van der Waals surface area contributed by atoms with Crippen LogP contribution in [0.5, 0.6) is 0 Å². The van der Waals surface area contributed by atoms with Crippen molar-refractivity contribution in [2.24, 2.45) is 5.73 Å². The van der Waals surface area contributed by atoms with Gasteiger partial charge in [-0.25, -0.2) is 0 Å². The molecule has 3 nitrogen and oxygen atoms in total. The normalized spacial score (nSPS) is 14.2. The molecule has 0 aliphatic rings. The molecule has 0 aromatic carbocycles. The van der Waals surface area contributed by atoms with Crippen LogP contribution in [0.2, 0.25) is 0 Å². The molecular weight excluding hydrogens is 190 g/mol. The summed E-state index contributed by atoms with van der Waals surface area (Å²) in [5, 5.41) is 0. The summed E-state index contributed by atoms with van der Waals surface area (Å²) in [5.74, 6) is 0. The lowest BCUT2D eigenvalue weighted by Crippen LogP contribution is -2.28. The van der Waals surface area contributed by atoms with E-state index in [1.165, 1.54) is 0 Å². The Morgan fingerprint density at radius 1 is 1.20 bits per heavy atom. The number of ether oxygens (including phenoxy) is 2. The van der Waals surface area contributed by atoms with Gasteiger partial charge in [0.1, 0.15) is 0 Å². The van der Waals surface area contributed by atoms with Crippen molar-refractivity contribution in [2.75, 3.05) is 20.3 Å². The Balaban J connectivity index is 3.44. The van der Waals surface area contributed by atoms with E-state index in [-0.39, 0.29) is 11.6 Å². The van der Waals surface area contributed by atoms with Gasteiger partial charge >= 0.3 is 0 Å². The molecule has 0 aliphatic heterocycles. The van der Waals surface area contributed by atoms with Crippen LogP contribution in [0.25, 0.3) is 0 Å². The van der Waals surface area contributed by atoms with Gasteiger partial charge in [-0.1, -0.05) is 6.92 Å². The van der Waals surface area contributed by atoms with Crippen LogP contribution in [0.1, 0.15) is 46.5 Å². The molecule has 0 aromatic heterocycles. The summed E-state index contributed by atoms with van der Waals surface area (Å²) in [6.07, 6.45) is 4.01. The maximum atomic E-state index is 5.98. The monoisotopic (exact) mass is 217 g/mol. The van der Waals surface area contributed by atoms with Crippen molar-refractivity contribution in [3.63, 3.8) is 0 Å². The SMILES string of the molecule is CCCOCCC(N)CCC(C)(C)OC. The molecule has 0 saturated carbocycles. The Hall–Kier alpha value is -0.120. The fourth-order valence-electron chi connectivity index (χ4n) is 1.26. The molecule has 3 heteroatoms. The molecule has 1 atom stereocenters. The van der Waals surface area contributed by atoms with Crippen molar-refractivity contribution in [1.82, 2.24) is 0 Å². The molecule has 1 unspecified atom stereocenters. The Morgan fingerprint density at radius 3 is 2.40 bits per heavy atom. The molecule has 15 heavy (non-hydrogen) atoms. The minimum atomic E-state index is -0.0537. The highest BCUT2D eigenvalue weighted by molar-refractivity contribution is 4.72. The van der Waals surface area contributed by atoms with Crippen molar-refractivity contribution in [3.05, 3.63) is 0 Å². The smallest absolute Gasteiger partial charge is 0.0623 e. The molecular formula is C12H27NO2. The van der Waals surface area contributed by atoms with E-state index < -0.39 is 0 Å². The van der Waals surface area contributed by atoms with Crippen molar-refractivity contribution < 1.29 is 9.47 Å². The summed E-state index contributed by atoms with van der Waals surface area (Å²) in [4.78, 5) is 0. The molecule has 0 radical (unpaired) electrons. The number of methoxy groups -OCH3 is 1. The van der Waals surface area contributed by atoms with E-state index in [1.807, 2.05) is 0 Å². The zero-order chi connectivity index (χ0) is 11.7. The molecule has 92 valence electrons. The van der Waals surface area contributed by atoms with E-state index >= 15 is 0 Å². The van der Waals surface area contributed by atoms with Crippen molar-refractivity contribution >= 4 is 0 Å². The molecule has 0 heterocycles. The van der Waals surface area contributed by atoms with E-state index in [1.54, 1.807) is 7.11 Å². The Bertz CT molecular complexity index is 149. The standard InChI is InChI=1S/C12H27NO2/c1-5-9-15-10-7-11(13)6-8-12(2,3)14-4/h11H,5-10,13H2,1-4H3. The molecule has 0 amide bonds. The molecule has 0 fully saturated rings. The highest BCUT2D eigenvalue weighted by Gasteiger charge is 2.17. The van der Waals surface area contributed by atoms with E-state index in [0.717, 1.165) is 38.9 Å². The largest absolute Gasteiger partial charge is 0.381 e. The second kappa shape index (κ2) is 8.08. The van der Waals surface area contributed by atoms with Gasteiger partial charge in [-0.05, 0) is 39.5 Å². The van der Waals surface area contributed by atoms with Crippen LogP contribution >= 0.6 is 0 Å². The van der Waals surface area contributed by atoms with Gasteiger partial charge < -0.3 is 15.2 Å². The van der Waals surface area contributed by atoms with Gasteiger partial charge in [0.05, 0.1) is 5.60 Å². The van der Waals surface area contributed by atoms with Gasteiger partial charge in [0.2, 0.25) is 0 Å². The minimum absolute atomic E-state index is 0.0537. The van der Waals surface area contributed by atoms with Crippen LogP contribution in [0.3, 0.4) is 0 Å². The van der Waals surface area contributed by atoms with E-state index in [9.17, 15) is 0 Å². The molecule has 0 spiro atoms. The van der Waals surface area contributed by atoms with Crippen LogP contribution in [-0.4, -0.2) is 32.0 Å². The first kappa shape index (κ1) is 14.9. The maximum Gasteiger partial charge on any atom is 0.0623 e. The highest BCUT2D eigenvalue weighted by Crippen LogP contribution is 2.16. The van der Waals surface area contributed by atoms with Gasteiger partial charge in [0.25, 0.3) is 0 Å². The summed E-state index contributed by atoms with van der Waals surface area (Å²) in [5.41, 5.74) is 5.93. The summed E-state index contributed by atoms with van der Waals surface area (Å²) < 4.78 is 10.7. The van der Waals surface area contributed by atoms with Crippen molar-refractivity contribution in [3.8, 4) is 0 Å². The summed E-state index contributed by atoms with van der Waals surface area (Å²) in [7, 11) is 1.75. The topological polar surface area (TPSA) is 44.5 Å². The van der Waals surface area contributed by atoms with E-state index in [4.69, 9.17) is 15.2 Å². The Labute approximate surface area is 94.3 Å². The molecule has 0 saturated heterocycles. The predicted octanol–water partition coefficient (Wildman–Crippen LogP) is 2.34. The predicted molar refractivity (Wildman–Crippen MR) is 64.0 cm³/mol. The maximum absolute atomic E-state index is 5.98. The lowest BCUT2D eigenvalue weighted by molar-refractivity contribution is 0.0116. The molecule has 0 bridgehead atoms. The lowest BCUT2D eigenvalue weighted by Gasteiger charge is -2.24. The third-order valence-corrected chi connectivity index (χ3v) is 2.65. The summed E-state index contributed by atoms with van der Waals surface area (Å²) in [6.45, 7) is 7.92. The zero-order valence-electron chi connectivity index (χ0n) is 10.7. The number of nitrogens with two attached hydrogens (primary N) is 1. The number of rotatable bonds is 9. The van der Waals surface area contributed by atoms with Crippen LogP contribution < -0.4 is 5.73 Å². The minimum Gasteiger partial charge on any atom is -0.381 e. The van der Waals surface area contributed by atoms with Gasteiger partial charge in [-0.3, -0.25) is 0 Å². The summed E-state index contributed by atoms with van der Waals surface area (Å²) >= 11 is 0. The zero-order valence-corrected chi connectivity index (χ0v) is 10.7. The number of hydrogen-bond acceptors (Lipinski definition) is 3. The van der Waals surface area contributed by atoms with Crippen LogP contribution in [0.4, 0.5) is 0 Å². The van der Waals surface area contributed by atoms with E-state index in [2.05, 4.69) is 20.8 Å². The first-order chi connectivity index (χ1) is 7.02. The van der Waals surface area contributed by atoms with Crippen molar-refractivity contribution in [1.29, 1.82) is 0 Å². The second-order valence-corrected chi connectivity index (χ2v) is 4.66. The second-order valence-electron chi connectivity index (χ2n) is 4.66. The third-order valence-electron chi connectivity index (χ3n) is 2.65. The fourth-order valence-corrected chi connectivity index (χ4v) is 1.26. The molecule has 0 aromatic rings. The van der Waals surface area contributed by atoms with Gasteiger partial charge in [-0.2, -0.15) is 0 Å². The van der Waals surface area contributed by atoms with Crippen LogP contribution in [0.15, 0.2) is 0 Å². The molecule has 2 N–H and O–H groups in total. The first-order valence-corrected chi connectivity index (χ1v) is 5.90. The van der Waals surface area contributed by atoms with Crippen LogP contribution in [-0.2, 0) is 9.47 Å². The fraction of sp³-hybridized carbons (Fsp3) is 1.00. The van der Waals surface area contributed by atoms with E-state index in [0.29, 0.717) is 0 Å². The summed E-state index contributed by atoms with van der Waals surface area (Å²) in [6, 6.07) is 0.233. The third kappa shape index (κ3) is 8.85.